The van der Waals surface area contributed by atoms with Gasteiger partial charge in [0.1, 0.15) is 5.82 Å². The van der Waals surface area contributed by atoms with Crippen molar-refractivity contribution in [3.8, 4) is 0 Å². The molecule has 0 aliphatic heterocycles. The molecule has 1 unspecified atom stereocenters. The summed E-state index contributed by atoms with van der Waals surface area (Å²) in [6, 6.07) is 10.4. The van der Waals surface area contributed by atoms with Crippen molar-refractivity contribution in [2.75, 3.05) is 0 Å². The van der Waals surface area contributed by atoms with Crippen molar-refractivity contribution in [1.82, 2.24) is 14.9 Å². The fourth-order valence-electron chi connectivity index (χ4n) is 4.03. The molecule has 0 saturated heterocycles. The van der Waals surface area contributed by atoms with Crippen molar-refractivity contribution in [2.24, 2.45) is 5.92 Å². The lowest BCUT2D eigenvalue weighted by Crippen LogP contribution is -2.30. The van der Waals surface area contributed by atoms with Gasteiger partial charge in [0, 0.05) is 12.5 Å². The molecule has 4 heteroatoms. The molecule has 1 aromatic heterocycles. The normalized spacial score (nSPS) is 15.0. The van der Waals surface area contributed by atoms with Crippen molar-refractivity contribution >= 4 is 16.9 Å². The Morgan fingerprint density at radius 2 is 1.79 bits per heavy atom. The Kier molecular flexibility index (Phi) is 4.74. The van der Waals surface area contributed by atoms with Crippen LogP contribution in [0.3, 0.4) is 0 Å². The molecular formula is C24H29N3O. The number of nitrogens with zero attached hydrogens (tertiary/aromatic N) is 2. The highest BCUT2D eigenvalue weighted by molar-refractivity contribution is 5.81. The van der Waals surface area contributed by atoms with E-state index in [1.165, 1.54) is 27.8 Å². The molecule has 146 valence electrons. The monoisotopic (exact) mass is 375 g/mol. The minimum atomic E-state index is -0.119. The number of rotatable bonds is 5. The van der Waals surface area contributed by atoms with Gasteiger partial charge < -0.3 is 9.88 Å². The maximum Gasteiger partial charge on any atom is 0.223 e. The van der Waals surface area contributed by atoms with Gasteiger partial charge in [-0.3, -0.25) is 4.79 Å². The number of carbonyl (C=O) groups excluding carboxylic acids is 1. The van der Waals surface area contributed by atoms with E-state index in [1.54, 1.807) is 0 Å². The van der Waals surface area contributed by atoms with Gasteiger partial charge in [-0.15, -0.1) is 0 Å². The van der Waals surface area contributed by atoms with Gasteiger partial charge in [0.2, 0.25) is 5.91 Å². The number of para-hydroxylation sites is 2. The largest absolute Gasteiger partial charge is 0.346 e. The summed E-state index contributed by atoms with van der Waals surface area (Å²) in [7, 11) is 0. The van der Waals surface area contributed by atoms with Crippen LogP contribution in [-0.2, 0) is 11.3 Å². The molecule has 3 aromatic rings. The van der Waals surface area contributed by atoms with E-state index in [0.717, 1.165) is 36.2 Å². The Balaban J connectivity index is 1.79. The zero-order valence-corrected chi connectivity index (χ0v) is 17.5. The molecule has 1 saturated carbocycles. The predicted molar refractivity (Wildman–Crippen MR) is 114 cm³/mol. The topological polar surface area (TPSA) is 46.9 Å². The average molecular weight is 376 g/mol. The van der Waals surface area contributed by atoms with Gasteiger partial charge in [-0.1, -0.05) is 18.2 Å². The second-order valence-electron chi connectivity index (χ2n) is 8.29. The van der Waals surface area contributed by atoms with E-state index in [4.69, 9.17) is 4.98 Å². The zero-order chi connectivity index (χ0) is 20.0. The van der Waals surface area contributed by atoms with Crippen LogP contribution in [0.2, 0.25) is 0 Å². The molecule has 4 nitrogen and oxygen atoms in total. The molecule has 1 aliphatic carbocycles. The molecule has 2 aromatic carbocycles. The molecule has 4 rings (SSSR count). The summed E-state index contributed by atoms with van der Waals surface area (Å²) in [4.78, 5) is 17.2. The van der Waals surface area contributed by atoms with Gasteiger partial charge in [-0.2, -0.15) is 0 Å². The van der Waals surface area contributed by atoms with E-state index in [9.17, 15) is 4.79 Å². The fraction of sp³-hybridized carbons (Fsp3) is 0.417. The number of carbonyl (C=O) groups is 1. The number of imidazole rings is 1. The molecule has 0 bridgehead atoms. The number of aromatic nitrogens is 2. The maximum atomic E-state index is 12.3. The van der Waals surface area contributed by atoms with Crippen LogP contribution in [0.5, 0.6) is 0 Å². The number of aryl methyl sites for hydroxylation is 2. The van der Waals surface area contributed by atoms with Gasteiger partial charge in [-0.05, 0) is 87.4 Å². The SMILES string of the molecule is Cc1cc(C)c(C)c(Cn2c(C(C)NC(=O)C3CC3)nc3ccccc32)c1C. The fourth-order valence-corrected chi connectivity index (χ4v) is 4.03. The second-order valence-corrected chi connectivity index (χ2v) is 8.29. The first kappa shape index (κ1) is 18.7. The Morgan fingerprint density at radius 1 is 1.14 bits per heavy atom. The van der Waals surface area contributed by atoms with Gasteiger partial charge in [0.25, 0.3) is 0 Å². The average Bonchev–Trinajstić information content (AvgIpc) is 3.46. The Hall–Kier alpha value is -2.62. The van der Waals surface area contributed by atoms with Crippen LogP contribution in [0.15, 0.2) is 30.3 Å². The number of fused-ring (bicyclic) bond motifs is 1. The third kappa shape index (κ3) is 3.32. The van der Waals surface area contributed by atoms with Gasteiger partial charge in [-0.25, -0.2) is 4.98 Å². The van der Waals surface area contributed by atoms with Gasteiger partial charge in [0.05, 0.1) is 17.1 Å². The minimum Gasteiger partial charge on any atom is -0.346 e. The quantitative estimate of drug-likeness (QED) is 0.689. The van der Waals surface area contributed by atoms with Crippen molar-refractivity contribution in [3.05, 3.63) is 64.0 Å². The van der Waals surface area contributed by atoms with Crippen LogP contribution < -0.4 is 5.32 Å². The highest BCUT2D eigenvalue weighted by Gasteiger charge is 2.31. The van der Waals surface area contributed by atoms with E-state index in [-0.39, 0.29) is 17.9 Å². The third-order valence-corrected chi connectivity index (χ3v) is 6.22. The van der Waals surface area contributed by atoms with Crippen LogP contribution in [0, 0.1) is 33.6 Å². The smallest absolute Gasteiger partial charge is 0.223 e. The third-order valence-electron chi connectivity index (χ3n) is 6.22. The van der Waals surface area contributed by atoms with Crippen LogP contribution in [-0.4, -0.2) is 15.5 Å². The lowest BCUT2D eigenvalue weighted by Gasteiger charge is -2.20. The van der Waals surface area contributed by atoms with E-state index < -0.39 is 0 Å². The number of hydrogen-bond donors (Lipinski definition) is 1. The first-order valence-electron chi connectivity index (χ1n) is 10.2. The molecule has 1 fully saturated rings. The number of nitrogens with one attached hydrogen (secondary N) is 1. The predicted octanol–water partition coefficient (Wildman–Crippen LogP) is 4.91. The second kappa shape index (κ2) is 7.08. The lowest BCUT2D eigenvalue weighted by molar-refractivity contribution is -0.123. The molecule has 1 amide bonds. The summed E-state index contributed by atoms with van der Waals surface area (Å²) >= 11 is 0. The highest BCUT2D eigenvalue weighted by Crippen LogP contribution is 2.31. The highest BCUT2D eigenvalue weighted by atomic mass is 16.2. The summed E-state index contributed by atoms with van der Waals surface area (Å²) in [6.45, 7) is 11.6. The first-order valence-corrected chi connectivity index (χ1v) is 10.2. The van der Waals surface area contributed by atoms with Crippen LogP contribution in [0.4, 0.5) is 0 Å². The number of hydrogen-bond acceptors (Lipinski definition) is 2. The molecule has 1 heterocycles. The molecule has 1 aliphatic rings. The minimum absolute atomic E-state index is 0.119. The molecular weight excluding hydrogens is 346 g/mol. The summed E-state index contributed by atoms with van der Waals surface area (Å²) in [5.41, 5.74) is 8.75. The van der Waals surface area contributed by atoms with E-state index in [2.05, 4.69) is 55.8 Å². The molecule has 1 N–H and O–H groups in total. The molecule has 0 spiro atoms. The van der Waals surface area contributed by atoms with Gasteiger partial charge >= 0.3 is 0 Å². The van der Waals surface area contributed by atoms with Crippen LogP contribution >= 0.6 is 0 Å². The first-order chi connectivity index (χ1) is 13.4. The van der Waals surface area contributed by atoms with Crippen LogP contribution in [0.1, 0.15) is 59.4 Å². The summed E-state index contributed by atoms with van der Waals surface area (Å²) in [5.74, 6) is 1.28. The van der Waals surface area contributed by atoms with Crippen molar-refractivity contribution in [2.45, 2.75) is 60.0 Å². The van der Waals surface area contributed by atoms with Crippen molar-refractivity contribution in [1.29, 1.82) is 0 Å². The molecule has 28 heavy (non-hydrogen) atoms. The summed E-state index contributed by atoms with van der Waals surface area (Å²) in [6.07, 6.45) is 2.02. The van der Waals surface area contributed by atoms with Crippen molar-refractivity contribution in [3.63, 3.8) is 0 Å². The maximum absolute atomic E-state index is 12.3. The Labute approximate surface area is 167 Å². The zero-order valence-electron chi connectivity index (χ0n) is 17.5. The summed E-state index contributed by atoms with van der Waals surface area (Å²) in [5, 5.41) is 3.17. The standard InChI is InChI=1S/C24H29N3O/c1-14-12-15(2)17(4)20(16(14)3)13-27-22-9-7-6-8-21(22)26-23(27)18(5)25-24(28)19-10-11-19/h6-9,12,18-19H,10-11,13H2,1-5H3,(H,25,28). The number of benzene rings is 2. The number of amides is 1. The molecule has 1 atom stereocenters. The van der Waals surface area contributed by atoms with Gasteiger partial charge in [0.15, 0.2) is 0 Å². The molecule has 0 radical (unpaired) electrons. The van der Waals surface area contributed by atoms with Crippen LogP contribution in [0.25, 0.3) is 11.0 Å². The van der Waals surface area contributed by atoms with E-state index >= 15 is 0 Å². The lowest BCUT2D eigenvalue weighted by atomic mass is 9.94. The van der Waals surface area contributed by atoms with E-state index in [1.807, 2.05) is 19.1 Å². The Morgan fingerprint density at radius 3 is 2.43 bits per heavy atom. The van der Waals surface area contributed by atoms with E-state index in [0.29, 0.717) is 0 Å². The van der Waals surface area contributed by atoms with Crippen molar-refractivity contribution < 1.29 is 4.79 Å². The Bertz CT molecular complexity index is 1030. The summed E-state index contributed by atoms with van der Waals surface area (Å²) < 4.78 is 2.28.